The summed E-state index contributed by atoms with van der Waals surface area (Å²) >= 11 is 3.67. The van der Waals surface area contributed by atoms with Crippen LogP contribution in [0.15, 0.2) is 12.7 Å². The van der Waals surface area contributed by atoms with Gasteiger partial charge in [0.05, 0.1) is 37.2 Å². The molecule has 35 heavy (non-hydrogen) atoms. The number of aliphatic hydroxyl groups excluding tert-OH is 1. The van der Waals surface area contributed by atoms with Gasteiger partial charge in [-0.3, -0.25) is 14.4 Å². The summed E-state index contributed by atoms with van der Waals surface area (Å²) in [7, 11) is 0. The molecule has 1 unspecified atom stereocenters. The average Bonchev–Trinajstić information content (AvgIpc) is 3.42. The van der Waals surface area contributed by atoms with Crippen LogP contribution in [-0.4, -0.2) is 87.6 Å². The molecule has 3 aliphatic rings. The normalized spacial score (nSPS) is 32.9. The van der Waals surface area contributed by atoms with Crippen molar-refractivity contribution in [2.45, 2.75) is 88.4 Å². The number of aliphatic hydroxyl groups is 1. The van der Waals surface area contributed by atoms with E-state index in [1.165, 1.54) is 0 Å². The molecule has 1 spiro atoms. The number of rotatable bonds is 13. The molecule has 198 valence electrons. The van der Waals surface area contributed by atoms with Gasteiger partial charge in [-0.15, -0.1) is 6.58 Å². The van der Waals surface area contributed by atoms with Crippen LogP contribution in [0.3, 0.4) is 0 Å². The Kier molecular flexibility index (Phi) is 9.43. The molecule has 3 rings (SSSR count). The number of halogens is 1. The van der Waals surface area contributed by atoms with Gasteiger partial charge in [0.25, 0.3) is 0 Å². The number of carbonyl (C=O) groups excluding carboxylic acids is 3. The lowest BCUT2D eigenvalue weighted by molar-refractivity contribution is -0.156. The van der Waals surface area contributed by atoms with Crippen LogP contribution in [-0.2, 0) is 23.9 Å². The van der Waals surface area contributed by atoms with E-state index in [9.17, 15) is 19.5 Å². The van der Waals surface area contributed by atoms with Crippen LogP contribution in [0.25, 0.3) is 0 Å². The van der Waals surface area contributed by atoms with Gasteiger partial charge in [-0.2, -0.15) is 0 Å². The fourth-order valence-electron chi connectivity index (χ4n) is 6.20. The number of likely N-dealkylation sites (tertiary alicyclic amines) is 1. The standard InChI is InChI=1S/C26H41BrN2O6/c1-6-10-11-13-28(12-7-2)24(32)22-26-14-17(27)21(35-26)19(25(33)34-9-4)20(26)23(31)29(22)18(15-30)16(5)8-3/h7,16-22,30H,2,6,8-15H2,1,3-5H3/t16-,17?,18-,19-,20+,21-,22-,26+/m0/s1. The number of ether oxygens (including phenoxy) is 2. The topological polar surface area (TPSA) is 96.4 Å². The molecule has 0 aromatic rings. The summed E-state index contributed by atoms with van der Waals surface area (Å²) in [6.07, 6.45) is 5.18. The van der Waals surface area contributed by atoms with E-state index in [1.54, 1.807) is 22.8 Å². The van der Waals surface area contributed by atoms with E-state index >= 15 is 0 Å². The van der Waals surface area contributed by atoms with Gasteiger partial charge in [0.15, 0.2) is 0 Å². The molecule has 3 aliphatic heterocycles. The van der Waals surface area contributed by atoms with Gasteiger partial charge in [-0.25, -0.2) is 0 Å². The Balaban J connectivity index is 2.10. The van der Waals surface area contributed by atoms with Crippen molar-refractivity contribution < 1.29 is 29.0 Å². The minimum Gasteiger partial charge on any atom is -0.466 e. The van der Waals surface area contributed by atoms with Crippen LogP contribution in [0.4, 0.5) is 0 Å². The highest BCUT2D eigenvalue weighted by molar-refractivity contribution is 9.09. The van der Waals surface area contributed by atoms with Gasteiger partial charge >= 0.3 is 5.97 Å². The lowest BCUT2D eigenvalue weighted by atomic mass is 9.70. The van der Waals surface area contributed by atoms with Crippen LogP contribution in [0.2, 0.25) is 0 Å². The molecule has 2 bridgehead atoms. The Bertz CT molecular complexity index is 809. The van der Waals surface area contributed by atoms with Crippen molar-refractivity contribution in [3.63, 3.8) is 0 Å². The minimum absolute atomic E-state index is 0.0413. The van der Waals surface area contributed by atoms with Crippen molar-refractivity contribution in [3.05, 3.63) is 12.7 Å². The third kappa shape index (κ3) is 4.80. The predicted molar refractivity (Wildman–Crippen MR) is 136 cm³/mol. The van der Waals surface area contributed by atoms with Gasteiger partial charge < -0.3 is 24.4 Å². The molecular formula is C26H41BrN2O6. The highest BCUT2D eigenvalue weighted by Gasteiger charge is 2.77. The first-order valence-corrected chi connectivity index (χ1v) is 14.0. The van der Waals surface area contributed by atoms with Crippen LogP contribution < -0.4 is 0 Å². The maximum absolute atomic E-state index is 14.2. The van der Waals surface area contributed by atoms with Crippen LogP contribution in [0.1, 0.15) is 59.8 Å². The first-order chi connectivity index (χ1) is 16.7. The maximum atomic E-state index is 14.2. The van der Waals surface area contributed by atoms with E-state index in [4.69, 9.17) is 9.47 Å². The van der Waals surface area contributed by atoms with Crippen LogP contribution in [0, 0.1) is 17.8 Å². The first-order valence-electron chi connectivity index (χ1n) is 13.0. The molecule has 8 nitrogen and oxygen atoms in total. The molecule has 0 saturated carbocycles. The van der Waals surface area contributed by atoms with E-state index in [-0.39, 0.29) is 35.8 Å². The first kappa shape index (κ1) is 28.1. The highest BCUT2D eigenvalue weighted by Crippen LogP contribution is 2.61. The lowest BCUT2D eigenvalue weighted by Crippen LogP contribution is -2.60. The van der Waals surface area contributed by atoms with E-state index < -0.39 is 41.6 Å². The fourth-order valence-corrected chi connectivity index (χ4v) is 7.14. The number of unbranched alkanes of at least 4 members (excludes halogenated alkanes) is 2. The molecular weight excluding hydrogens is 516 g/mol. The van der Waals surface area contributed by atoms with E-state index in [0.717, 1.165) is 25.7 Å². The number of carbonyl (C=O) groups is 3. The Labute approximate surface area is 217 Å². The number of nitrogens with zero attached hydrogens (tertiary/aromatic N) is 2. The minimum atomic E-state index is -1.14. The van der Waals surface area contributed by atoms with E-state index in [2.05, 4.69) is 29.4 Å². The quantitative estimate of drug-likeness (QED) is 0.162. The number of esters is 1. The molecule has 8 atom stereocenters. The van der Waals surface area contributed by atoms with Crippen LogP contribution in [0.5, 0.6) is 0 Å². The Morgan fingerprint density at radius 2 is 2.09 bits per heavy atom. The summed E-state index contributed by atoms with van der Waals surface area (Å²) in [6.45, 7) is 12.5. The Morgan fingerprint density at radius 1 is 1.37 bits per heavy atom. The molecule has 9 heteroatoms. The summed E-state index contributed by atoms with van der Waals surface area (Å²) in [5.74, 6) is -2.61. The SMILES string of the molecule is C=CCN(CCCCC)C(=O)[C@@H]1N([C@@H](CO)[C@@H](C)CC)C(=O)[C@H]2[C@H](C(=O)OCC)[C@H]3O[C@@]12CC3Br. The number of alkyl halides is 1. The summed E-state index contributed by atoms with van der Waals surface area (Å²) in [4.78, 5) is 44.5. The fraction of sp³-hybridized carbons (Fsp3) is 0.808. The van der Waals surface area contributed by atoms with Crippen molar-refractivity contribution in [1.82, 2.24) is 9.80 Å². The van der Waals surface area contributed by atoms with Crippen molar-refractivity contribution in [2.75, 3.05) is 26.3 Å². The maximum Gasteiger partial charge on any atom is 0.312 e. The highest BCUT2D eigenvalue weighted by atomic mass is 79.9. The van der Waals surface area contributed by atoms with Gasteiger partial charge in [0, 0.05) is 17.9 Å². The monoisotopic (exact) mass is 556 g/mol. The second-order valence-electron chi connectivity index (χ2n) is 10.1. The zero-order chi connectivity index (χ0) is 25.9. The third-order valence-electron chi connectivity index (χ3n) is 8.06. The van der Waals surface area contributed by atoms with Crippen molar-refractivity contribution >= 4 is 33.7 Å². The van der Waals surface area contributed by atoms with Gasteiger partial charge in [-0.05, 0) is 25.7 Å². The molecule has 3 fully saturated rings. The summed E-state index contributed by atoms with van der Waals surface area (Å²) in [6, 6.07) is -1.47. The van der Waals surface area contributed by atoms with Gasteiger partial charge in [0.1, 0.15) is 11.6 Å². The average molecular weight is 558 g/mol. The molecule has 3 saturated heterocycles. The third-order valence-corrected chi connectivity index (χ3v) is 8.90. The zero-order valence-corrected chi connectivity index (χ0v) is 23.0. The molecule has 0 aromatic heterocycles. The lowest BCUT2D eigenvalue weighted by Gasteiger charge is -2.41. The second kappa shape index (κ2) is 11.7. The summed E-state index contributed by atoms with van der Waals surface area (Å²) < 4.78 is 11.9. The Hall–Kier alpha value is -1.45. The summed E-state index contributed by atoms with van der Waals surface area (Å²) in [5, 5.41) is 10.4. The Morgan fingerprint density at radius 3 is 2.66 bits per heavy atom. The van der Waals surface area contributed by atoms with E-state index in [0.29, 0.717) is 19.5 Å². The van der Waals surface area contributed by atoms with E-state index in [1.807, 2.05) is 13.8 Å². The van der Waals surface area contributed by atoms with Gasteiger partial charge in [0.2, 0.25) is 11.8 Å². The number of amides is 2. The second-order valence-corrected chi connectivity index (χ2v) is 11.3. The summed E-state index contributed by atoms with van der Waals surface area (Å²) in [5.41, 5.74) is -1.14. The van der Waals surface area contributed by atoms with Crippen LogP contribution >= 0.6 is 15.9 Å². The smallest absolute Gasteiger partial charge is 0.312 e. The number of fused-ring (bicyclic) bond motifs is 1. The molecule has 2 amide bonds. The number of hydrogen-bond acceptors (Lipinski definition) is 6. The van der Waals surface area contributed by atoms with Crippen molar-refractivity contribution in [2.24, 2.45) is 17.8 Å². The molecule has 0 aromatic carbocycles. The van der Waals surface area contributed by atoms with Crippen molar-refractivity contribution in [3.8, 4) is 0 Å². The molecule has 0 radical (unpaired) electrons. The molecule has 0 aliphatic carbocycles. The molecule has 3 heterocycles. The van der Waals surface area contributed by atoms with Gasteiger partial charge in [-0.1, -0.05) is 62.0 Å². The number of hydrogen-bond donors (Lipinski definition) is 1. The largest absolute Gasteiger partial charge is 0.466 e. The van der Waals surface area contributed by atoms with Crippen molar-refractivity contribution in [1.29, 1.82) is 0 Å². The molecule has 1 N–H and O–H groups in total. The predicted octanol–water partition coefficient (Wildman–Crippen LogP) is 2.91. The zero-order valence-electron chi connectivity index (χ0n) is 21.5.